The van der Waals surface area contributed by atoms with Crippen LogP contribution in [-0.2, 0) is 13.0 Å². The predicted molar refractivity (Wildman–Crippen MR) is 78.6 cm³/mol. The maximum absolute atomic E-state index is 13.2. The van der Waals surface area contributed by atoms with E-state index in [-0.39, 0.29) is 5.82 Å². The van der Waals surface area contributed by atoms with Crippen LogP contribution in [0.3, 0.4) is 0 Å². The minimum Gasteiger partial charge on any atom is -0.313 e. The molecule has 100 valence electrons. The topological polar surface area (TPSA) is 17.0 Å². The molecule has 0 unspecified atom stereocenters. The van der Waals surface area contributed by atoms with Crippen molar-refractivity contribution in [1.82, 2.24) is 9.88 Å². The van der Waals surface area contributed by atoms with Gasteiger partial charge in [0.05, 0.1) is 5.52 Å². The zero-order valence-electron chi connectivity index (χ0n) is 11.1. The highest BCUT2D eigenvalue weighted by Gasteiger charge is 2.20. The van der Waals surface area contributed by atoms with Crippen molar-refractivity contribution >= 4 is 10.9 Å². The van der Waals surface area contributed by atoms with E-state index in [1.54, 1.807) is 0 Å². The zero-order valence-corrected chi connectivity index (χ0v) is 11.1. The number of nitrogens with zero attached hydrogens (tertiary/aromatic N) is 1. The number of nitrogens with one attached hydrogen (secondary N) is 1. The summed E-state index contributed by atoms with van der Waals surface area (Å²) < 4.78 is 15.4. The van der Waals surface area contributed by atoms with Gasteiger partial charge in [-0.2, -0.15) is 0 Å². The van der Waals surface area contributed by atoms with E-state index in [1.165, 1.54) is 34.3 Å². The molecule has 0 amide bonds. The van der Waals surface area contributed by atoms with Crippen molar-refractivity contribution in [2.75, 3.05) is 6.54 Å². The Bertz CT molecular complexity index is 772. The Kier molecular flexibility index (Phi) is 2.60. The first-order valence-electron chi connectivity index (χ1n) is 6.92. The van der Waals surface area contributed by atoms with Crippen LogP contribution in [0.4, 0.5) is 4.39 Å². The van der Waals surface area contributed by atoms with Gasteiger partial charge in [-0.05, 0) is 35.9 Å². The van der Waals surface area contributed by atoms with Crippen LogP contribution in [0.15, 0.2) is 48.5 Å². The second-order valence-corrected chi connectivity index (χ2v) is 5.18. The number of benzene rings is 2. The van der Waals surface area contributed by atoms with Crippen LogP contribution >= 0.6 is 0 Å². The number of hydrogen-bond donors (Lipinski definition) is 1. The van der Waals surface area contributed by atoms with Gasteiger partial charge in [0.2, 0.25) is 0 Å². The second kappa shape index (κ2) is 4.46. The molecule has 2 heterocycles. The number of halogens is 1. The summed E-state index contributed by atoms with van der Waals surface area (Å²) in [4.78, 5) is 0. The van der Waals surface area contributed by atoms with Crippen LogP contribution in [0.2, 0.25) is 0 Å². The van der Waals surface area contributed by atoms with Crippen LogP contribution in [0, 0.1) is 5.82 Å². The maximum atomic E-state index is 13.2. The third kappa shape index (κ3) is 1.67. The number of rotatable bonds is 1. The van der Waals surface area contributed by atoms with E-state index in [1.807, 2.05) is 12.1 Å². The molecule has 3 aromatic rings. The van der Waals surface area contributed by atoms with Crippen LogP contribution in [0.1, 0.15) is 11.3 Å². The van der Waals surface area contributed by atoms with Crippen LogP contribution in [-0.4, -0.2) is 11.1 Å². The SMILES string of the molecule is Fc1ccc(-n2c3c(c4ccccc42)CNCC3)cc1. The van der Waals surface area contributed by atoms with Crippen LogP contribution in [0.25, 0.3) is 16.6 Å². The Balaban J connectivity index is 2.05. The third-order valence-electron chi connectivity index (χ3n) is 4.01. The van der Waals surface area contributed by atoms with Crippen molar-refractivity contribution in [2.24, 2.45) is 0 Å². The lowest BCUT2D eigenvalue weighted by Gasteiger charge is -2.17. The maximum Gasteiger partial charge on any atom is 0.123 e. The summed E-state index contributed by atoms with van der Waals surface area (Å²) in [6, 6.07) is 15.2. The fraction of sp³-hybridized carbons (Fsp3) is 0.176. The molecule has 0 bridgehead atoms. The van der Waals surface area contributed by atoms with Gasteiger partial charge in [0.25, 0.3) is 0 Å². The van der Waals surface area contributed by atoms with Gasteiger partial charge >= 0.3 is 0 Å². The summed E-state index contributed by atoms with van der Waals surface area (Å²) in [6.07, 6.45) is 1.00. The Labute approximate surface area is 116 Å². The average molecular weight is 266 g/mol. The summed E-state index contributed by atoms with van der Waals surface area (Å²) in [5, 5.41) is 4.72. The molecule has 0 fully saturated rings. The Morgan fingerprint density at radius 1 is 1.00 bits per heavy atom. The summed E-state index contributed by atoms with van der Waals surface area (Å²) in [6.45, 7) is 1.90. The van der Waals surface area contributed by atoms with Gasteiger partial charge in [-0.15, -0.1) is 0 Å². The lowest BCUT2D eigenvalue weighted by Crippen LogP contribution is -2.24. The lowest BCUT2D eigenvalue weighted by molar-refractivity contribution is 0.624. The van der Waals surface area contributed by atoms with Gasteiger partial charge in [-0.1, -0.05) is 18.2 Å². The normalized spacial score (nSPS) is 14.4. The van der Waals surface area contributed by atoms with Gasteiger partial charge in [0.1, 0.15) is 5.82 Å². The van der Waals surface area contributed by atoms with Crippen LogP contribution < -0.4 is 5.32 Å². The van der Waals surface area contributed by atoms with Crippen molar-refractivity contribution in [3.8, 4) is 5.69 Å². The molecule has 1 aliphatic rings. The predicted octanol–water partition coefficient (Wildman–Crippen LogP) is 3.42. The van der Waals surface area contributed by atoms with Crippen molar-refractivity contribution in [3.05, 3.63) is 65.6 Å². The molecule has 0 radical (unpaired) electrons. The molecule has 0 atom stereocenters. The number of para-hydroxylation sites is 1. The standard InChI is InChI=1S/C17H15FN2/c18-12-5-7-13(8-6-12)20-16-4-2-1-3-14(16)15-11-19-10-9-17(15)20/h1-8,19H,9-11H2. The van der Waals surface area contributed by atoms with E-state index in [9.17, 15) is 4.39 Å². The summed E-state index contributed by atoms with van der Waals surface area (Å²) in [5.41, 5.74) is 4.95. The van der Waals surface area contributed by atoms with E-state index in [4.69, 9.17) is 0 Å². The second-order valence-electron chi connectivity index (χ2n) is 5.18. The largest absolute Gasteiger partial charge is 0.313 e. The zero-order chi connectivity index (χ0) is 13.5. The average Bonchev–Trinajstić information content (AvgIpc) is 2.83. The van der Waals surface area contributed by atoms with E-state index in [0.29, 0.717) is 0 Å². The lowest BCUT2D eigenvalue weighted by atomic mass is 10.1. The quantitative estimate of drug-likeness (QED) is 0.714. The summed E-state index contributed by atoms with van der Waals surface area (Å²) >= 11 is 0. The Morgan fingerprint density at radius 3 is 2.65 bits per heavy atom. The van der Waals surface area contributed by atoms with Gasteiger partial charge < -0.3 is 9.88 Å². The Morgan fingerprint density at radius 2 is 1.80 bits per heavy atom. The summed E-state index contributed by atoms with van der Waals surface area (Å²) in [5.74, 6) is -0.194. The minimum atomic E-state index is -0.194. The minimum absolute atomic E-state index is 0.194. The monoisotopic (exact) mass is 266 g/mol. The van der Waals surface area contributed by atoms with E-state index >= 15 is 0 Å². The molecule has 0 aliphatic carbocycles. The van der Waals surface area contributed by atoms with Crippen molar-refractivity contribution in [1.29, 1.82) is 0 Å². The van der Waals surface area contributed by atoms with Gasteiger partial charge in [0.15, 0.2) is 0 Å². The molecule has 2 nitrogen and oxygen atoms in total. The molecule has 0 spiro atoms. The third-order valence-corrected chi connectivity index (χ3v) is 4.01. The molecule has 0 saturated carbocycles. The number of fused-ring (bicyclic) bond motifs is 3. The molecular formula is C17H15FN2. The van der Waals surface area contributed by atoms with Crippen molar-refractivity contribution in [2.45, 2.75) is 13.0 Å². The van der Waals surface area contributed by atoms with E-state index in [0.717, 1.165) is 25.2 Å². The molecule has 3 heteroatoms. The Hall–Kier alpha value is -2.13. The molecule has 2 aromatic carbocycles. The highest BCUT2D eigenvalue weighted by Crippen LogP contribution is 2.31. The first-order chi connectivity index (χ1) is 9.84. The molecule has 1 aliphatic heterocycles. The smallest absolute Gasteiger partial charge is 0.123 e. The molecule has 0 saturated heterocycles. The van der Waals surface area contributed by atoms with Gasteiger partial charge in [0, 0.05) is 36.3 Å². The van der Waals surface area contributed by atoms with Crippen LogP contribution in [0.5, 0.6) is 0 Å². The van der Waals surface area contributed by atoms with E-state index in [2.05, 4.69) is 34.1 Å². The first-order valence-corrected chi connectivity index (χ1v) is 6.92. The van der Waals surface area contributed by atoms with Gasteiger partial charge in [-0.3, -0.25) is 0 Å². The fourth-order valence-electron chi connectivity index (χ4n) is 3.12. The van der Waals surface area contributed by atoms with Crippen molar-refractivity contribution in [3.63, 3.8) is 0 Å². The molecule has 1 N–H and O–H groups in total. The van der Waals surface area contributed by atoms with Gasteiger partial charge in [-0.25, -0.2) is 4.39 Å². The number of aromatic nitrogens is 1. The summed E-state index contributed by atoms with van der Waals surface area (Å²) in [7, 11) is 0. The molecule has 20 heavy (non-hydrogen) atoms. The van der Waals surface area contributed by atoms with Crippen molar-refractivity contribution < 1.29 is 4.39 Å². The van der Waals surface area contributed by atoms with E-state index < -0.39 is 0 Å². The molecule has 4 rings (SSSR count). The first kappa shape index (κ1) is 11.7. The molecule has 1 aromatic heterocycles. The fourth-order valence-corrected chi connectivity index (χ4v) is 3.12. The highest BCUT2D eigenvalue weighted by atomic mass is 19.1. The molecular weight excluding hydrogens is 251 g/mol. The number of hydrogen-bond acceptors (Lipinski definition) is 1. The highest BCUT2D eigenvalue weighted by molar-refractivity contribution is 5.87.